The van der Waals surface area contributed by atoms with Crippen LogP contribution in [0.2, 0.25) is 0 Å². The van der Waals surface area contributed by atoms with Gasteiger partial charge < -0.3 is 4.90 Å². The Kier molecular flexibility index (Phi) is 5.00. The quantitative estimate of drug-likeness (QED) is 0.870. The van der Waals surface area contributed by atoms with Crippen LogP contribution in [0.3, 0.4) is 0 Å². The van der Waals surface area contributed by atoms with E-state index in [1.54, 1.807) is 4.68 Å². The predicted octanol–water partition coefficient (Wildman–Crippen LogP) is 2.47. The van der Waals surface area contributed by atoms with Crippen LogP contribution >= 0.6 is 0 Å². The highest BCUT2D eigenvalue weighted by Crippen LogP contribution is 2.17. The van der Waals surface area contributed by atoms with Gasteiger partial charge >= 0.3 is 0 Å². The zero-order chi connectivity index (χ0) is 17.1. The molecule has 1 aromatic heterocycles. The molecule has 1 saturated heterocycles. The molecule has 1 amide bonds. The van der Waals surface area contributed by atoms with E-state index in [0.717, 1.165) is 43.9 Å². The third-order valence-electron chi connectivity index (χ3n) is 4.86. The molecule has 0 radical (unpaired) electrons. The number of benzene rings is 1. The van der Waals surface area contributed by atoms with Gasteiger partial charge in [-0.1, -0.05) is 30.3 Å². The average molecular weight is 326 g/mol. The van der Waals surface area contributed by atoms with Crippen molar-refractivity contribution in [2.45, 2.75) is 32.9 Å². The zero-order valence-electron chi connectivity index (χ0n) is 14.8. The Morgan fingerprint density at radius 2 is 1.96 bits per heavy atom. The molecular weight excluding hydrogens is 300 g/mol. The number of hydrogen-bond acceptors (Lipinski definition) is 3. The number of rotatable bonds is 3. The minimum atomic E-state index is 0.106. The van der Waals surface area contributed by atoms with E-state index in [1.165, 1.54) is 5.56 Å². The Morgan fingerprint density at radius 3 is 2.62 bits per heavy atom. The van der Waals surface area contributed by atoms with Crippen LogP contribution in [0.5, 0.6) is 0 Å². The van der Waals surface area contributed by atoms with Crippen LogP contribution in [0.25, 0.3) is 0 Å². The lowest BCUT2D eigenvalue weighted by Gasteiger charge is -2.26. The molecule has 5 heteroatoms. The molecule has 0 aliphatic carbocycles. The fourth-order valence-corrected chi connectivity index (χ4v) is 3.34. The molecule has 1 aliphatic rings. The molecule has 3 rings (SSSR count). The standard InChI is InChI=1S/C19H26N4O/c1-15-9-10-22(19(24)18-14-21(3)20-16(18)2)11-12-23(15)13-17-7-5-4-6-8-17/h4-8,14-15H,9-13H2,1-3H3/t15-/m1/s1. The molecule has 1 fully saturated rings. The monoisotopic (exact) mass is 326 g/mol. The summed E-state index contributed by atoms with van der Waals surface area (Å²) in [5.74, 6) is 0.106. The fourth-order valence-electron chi connectivity index (χ4n) is 3.34. The van der Waals surface area contributed by atoms with Gasteiger partial charge in [0, 0.05) is 45.5 Å². The van der Waals surface area contributed by atoms with Crippen LogP contribution < -0.4 is 0 Å². The maximum absolute atomic E-state index is 12.8. The lowest BCUT2D eigenvalue weighted by atomic mass is 10.1. The molecule has 0 spiro atoms. The van der Waals surface area contributed by atoms with Gasteiger partial charge in [0.1, 0.15) is 0 Å². The van der Waals surface area contributed by atoms with Gasteiger partial charge in [-0.15, -0.1) is 0 Å². The van der Waals surface area contributed by atoms with Crippen LogP contribution in [-0.4, -0.2) is 51.2 Å². The van der Waals surface area contributed by atoms with Gasteiger partial charge in [0.25, 0.3) is 5.91 Å². The smallest absolute Gasteiger partial charge is 0.257 e. The van der Waals surface area contributed by atoms with Crippen LogP contribution in [0.15, 0.2) is 36.5 Å². The van der Waals surface area contributed by atoms with Crippen LogP contribution in [0, 0.1) is 6.92 Å². The number of nitrogens with zero attached hydrogens (tertiary/aromatic N) is 4. The predicted molar refractivity (Wildman–Crippen MR) is 94.8 cm³/mol. The second-order valence-electron chi connectivity index (χ2n) is 6.69. The SMILES string of the molecule is Cc1nn(C)cc1C(=O)N1CC[C@@H](C)N(Cc2ccccc2)CC1. The third kappa shape index (κ3) is 3.67. The Morgan fingerprint density at radius 1 is 1.21 bits per heavy atom. The van der Waals surface area contributed by atoms with Gasteiger partial charge in [-0.05, 0) is 25.8 Å². The van der Waals surface area contributed by atoms with Crippen LogP contribution in [-0.2, 0) is 13.6 Å². The van der Waals surface area contributed by atoms with E-state index < -0.39 is 0 Å². The molecule has 128 valence electrons. The van der Waals surface area contributed by atoms with Crippen molar-refractivity contribution in [3.8, 4) is 0 Å². The van der Waals surface area contributed by atoms with E-state index in [9.17, 15) is 4.79 Å². The van der Waals surface area contributed by atoms with E-state index in [0.29, 0.717) is 6.04 Å². The summed E-state index contributed by atoms with van der Waals surface area (Å²) in [4.78, 5) is 17.3. The number of amides is 1. The summed E-state index contributed by atoms with van der Waals surface area (Å²) in [6.45, 7) is 7.57. The average Bonchev–Trinajstić information content (AvgIpc) is 2.81. The van der Waals surface area contributed by atoms with Crippen molar-refractivity contribution in [1.82, 2.24) is 19.6 Å². The molecule has 0 N–H and O–H groups in total. The summed E-state index contributed by atoms with van der Waals surface area (Å²) >= 11 is 0. The Hall–Kier alpha value is -2.14. The van der Waals surface area contributed by atoms with Crippen molar-refractivity contribution in [3.63, 3.8) is 0 Å². The number of carbonyl (C=O) groups is 1. The highest BCUT2D eigenvalue weighted by atomic mass is 16.2. The second kappa shape index (κ2) is 7.18. The summed E-state index contributed by atoms with van der Waals surface area (Å²) in [5.41, 5.74) is 2.86. The Balaban J connectivity index is 1.67. The number of carbonyl (C=O) groups excluding carboxylic acids is 1. The van der Waals surface area contributed by atoms with Crippen molar-refractivity contribution in [2.24, 2.45) is 7.05 Å². The van der Waals surface area contributed by atoms with E-state index in [1.807, 2.05) is 31.1 Å². The molecule has 1 aromatic carbocycles. The second-order valence-corrected chi connectivity index (χ2v) is 6.69. The van der Waals surface area contributed by atoms with Gasteiger partial charge in [0.05, 0.1) is 11.3 Å². The van der Waals surface area contributed by atoms with Crippen molar-refractivity contribution < 1.29 is 4.79 Å². The molecule has 0 saturated carbocycles. The van der Waals surface area contributed by atoms with E-state index >= 15 is 0 Å². The van der Waals surface area contributed by atoms with E-state index in [4.69, 9.17) is 0 Å². The Bertz CT molecular complexity index is 695. The highest BCUT2D eigenvalue weighted by Gasteiger charge is 2.26. The Labute approximate surface area is 143 Å². The largest absolute Gasteiger partial charge is 0.337 e. The molecule has 24 heavy (non-hydrogen) atoms. The normalized spacial score (nSPS) is 19.3. The summed E-state index contributed by atoms with van der Waals surface area (Å²) in [6, 6.07) is 11.0. The maximum Gasteiger partial charge on any atom is 0.257 e. The van der Waals surface area contributed by atoms with Crippen molar-refractivity contribution in [2.75, 3.05) is 19.6 Å². The number of hydrogen-bond donors (Lipinski definition) is 0. The first-order valence-corrected chi connectivity index (χ1v) is 8.62. The number of aryl methyl sites for hydroxylation is 2. The van der Waals surface area contributed by atoms with Crippen molar-refractivity contribution >= 4 is 5.91 Å². The molecule has 0 bridgehead atoms. The van der Waals surface area contributed by atoms with Gasteiger partial charge in [-0.2, -0.15) is 5.10 Å². The molecule has 5 nitrogen and oxygen atoms in total. The first-order chi connectivity index (χ1) is 11.5. The summed E-state index contributed by atoms with van der Waals surface area (Å²) in [5, 5.41) is 4.29. The first-order valence-electron chi connectivity index (χ1n) is 8.62. The minimum Gasteiger partial charge on any atom is -0.337 e. The highest BCUT2D eigenvalue weighted by molar-refractivity contribution is 5.95. The first kappa shape index (κ1) is 16.7. The molecule has 0 unspecified atom stereocenters. The van der Waals surface area contributed by atoms with Gasteiger partial charge in [0.15, 0.2) is 0 Å². The van der Waals surface area contributed by atoms with Crippen molar-refractivity contribution in [1.29, 1.82) is 0 Å². The van der Waals surface area contributed by atoms with E-state index in [-0.39, 0.29) is 5.91 Å². The van der Waals surface area contributed by atoms with Crippen LogP contribution in [0.4, 0.5) is 0 Å². The fraction of sp³-hybridized carbons (Fsp3) is 0.474. The molecule has 1 atom stereocenters. The topological polar surface area (TPSA) is 41.4 Å². The van der Waals surface area contributed by atoms with Crippen molar-refractivity contribution in [3.05, 3.63) is 53.3 Å². The lowest BCUT2D eigenvalue weighted by molar-refractivity contribution is 0.0760. The van der Waals surface area contributed by atoms with E-state index in [2.05, 4.69) is 41.2 Å². The maximum atomic E-state index is 12.8. The molecule has 2 heterocycles. The molecule has 2 aromatic rings. The van der Waals surface area contributed by atoms with Gasteiger partial charge in [0.2, 0.25) is 0 Å². The molecular formula is C19H26N4O. The third-order valence-corrected chi connectivity index (χ3v) is 4.86. The summed E-state index contributed by atoms with van der Waals surface area (Å²) in [7, 11) is 1.86. The zero-order valence-corrected chi connectivity index (χ0v) is 14.8. The summed E-state index contributed by atoms with van der Waals surface area (Å²) < 4.78 is 1.71. The summed E-state index contributed by atoms with van der Waals surface area (Å²) in [6.07, 6.45) is 2.83. The van der Waals surface area contributed by atoms with Gasteiger partial charge in [-0.3, -0.25) is 14.4 Å². The molecule has 1 aliphatic heterocycles. The lowest BCUT2D eigenvalue weighted by Crippen LogP contribution is -2.36. The van der Waals surface area contributed by atoms with Crippen LogP contribution in [0.1, 0.15) is 35.0 Å². The number of aromatic nitrogens is 2. The minimum absolute atomic E-state index is 0.106. The van der Waals surface area contributed by atoms with Gasteiger partial charge in [-0.25, -0.2) is 0 Å².